The van der Waals surface area contributed by atoms with Gasteiger partial charge >= 0.3 is 12.2 Å². The van der Waals surface area contributed by atoms with E-state index in [2.05, 4.69) is 5.32 Å². The van der Waals surface area contributed by atoms with Gasteiger partial charge in [0.25, 0.3) is 0 Å². The molecule has 4 N–H and O–H groups in total. The standard InChI is InChI=1S/C18H27N3O4/c19-14-18(10-6-12-21(18)17(23)24)9-4-5-11-20-16(22)25-13-15-7-2-1-3-8-15/h1-3,7-8H,4-6,9-14,19H2,(H,20,22)(H,23,24). The summed E-state index contributed by atoms with van der Waals surface area (Å²) in [6.07, 6.45) is 2.61. The molecule has 1 aliphatic heterocycles. The molecule has 2 rings (SSSR count). The minimum absolute atomic E-state index is 0.247. The number of nitrogens with zero attached hydrogens (tertiary/aromatic N) is 1. The quantitative estimate of drug-likeness (QED) is 0.626. The van der Waals surface area contributed by atoms with Crippen molar-refractivity contribution in [3.05, 3.63) is 35.9 Å². The van der Waals surface area contributed by atoms with Crippen LogP contribution in [-0.4, -0.2) is 47.4 Å². The lowest BCUT2D eigenvalue weighted by molar-refractivity contribution is 0.0989. The summed E-state index contributed by atoms with van der Waals surface area (Å²) in [4.78, 5) is 24.5. The Bertz CT molecular complexity index is 567. The third kappa shape index (κ3) is 5.35. The largest absolute Gasteiger partial charge is 0.465 e. The summed E-state index contributed by atoms with van der Waals surface area (Å²) in [5.41, 5.74) is 6.36. The number of alkyl carbamates (subject to hydrolysis) is 1. The number of ether oxygens (including phenoxy) is 1. The van der Waals surface area contributed by atoms with E-state index in [0.717, 1.165) is 37.7 Å². The van der Waals surface area contributed by atoms with Crippen LogP contribution in [0.15, 0.2) is 30.3 Å². The van der Waals surface area contributed by atoms with Crippen molar-refractivity contribution in [3.63, 3.8) is 0 Å². The van der Waals surface area contributed by atoms with Gasteiger partial charge in [0.05, 0.1) is 5.54 Å². The fourth-order valence-electron chi connectivity index (χ4n) is 3.35. The molecule has 1 saturated heterocycles. The fraction of sp³-hybridized carbons (Fsp3) is 0.556. The van der Waals surface area contributed by atoms with Crippen LogP contribution in [0, 0.1) is 0 Å². The lowest BCUT2D eigenvalue weighted by atomic mass is 9.90. The lowest BCUT2D eigenvalue weighted by Gasteiger charge is -2.36. The van der Waals surface area contributed by atoms with Gasteiger partial charge in [-0.05, 0) is 37.7 Å². The van der Waals surface area contributed by atoms with Crippen LogP contribution in [0.25, 0.3) is 0 Å². The Balaban J connectivity index is 1.64. The van der Waals surface area contributed by atoms with Crippen LogP contribution in [-0.2, 0) is 11.3 Å². The van der Waals surface area contributed by atoms with Gasteiger partial charge < -0.3 is 25.8 Å². The first-order chi connectivity index (χ1) is 12.1. The predicted octanol–water partition coefficient (Wildman–Crippen LogP) is 2.55. The normalized spacial score (nSPS) is 19.6. The van der Waals surface area contributed by atoms with E-state index in [1.54, 1.807) is 0 Å². The highest BCUT2D eigenvalue weighted by Gasteiger charge is 2.42. The van der Waals surface area contributed by atoms with E-state index >= 15 is 0 Å². The second-order valence-electron chi connectivity index (χ2n) is 6.41. The third-order valence-corrected chi connectivity index (χ3v) is 4.76. The van der Waals surface area contributed by atoms with Crippen LogP contribution < -0.4 is 11.1 Å². The number of likely N-dealkylation sites (tertiary alicyclic amines) is 1. The summed E-state index contributed by atoms with van der Waals surface area (Å²) < 4.78 is 5.14. The number of hydrogen-bond donors (Lipinski definition) is 3. The minimum atomic E-state index is -0.898. The molecule has 1 atom stereocenters. The third-order valence-electron chi connectivity index (χ3n) is 4.76. The van der Waals surface area contributed by atoms with Gasteiger partial charge in [0.2, 0.25) is 0 Å². The maximum Gasteiger partial charge on any atom is 0.407 e. The minimum Gasteiger partial charge on any atom is -0.465 e. The number of unbranched alkanes of at least 4 members (excludes halogenated alkanes) is 1. The van der Waals surface area contributed by atoms with Crippen LogP contribution in [0.5, 0.6) is 0 Å². The Kier molecular flexibility index (Phi) is 7.06. The molecular weight excluding hydrogens is 322 g/mol. The number of benzene rings is 1. The van der Waals surface area contributed by atoms with Gasteiger partial charge in [0.15, 0.2) is 0 Å². The molecule has 1 aliphatic rings. The molecule has 2 amide bonds. The van der Waals surface area contributed by atoms with Crippen molar-refractivity contribution >= 4 is 12.2 Å². The van der Waals surface area contributed by atoms with E-state index in [1.165, 1.54) is 4.90 Å². The van der Waals surface area contributed by atoms with Gasteiger partial charge in [-0.15, -0.1) is 0 Å². The van der Waals surface area contributed by atoms with Crippen LogP contribution in [0.1, 0.15) is 37.7 Å². The number of nitrogens with one attached hydrogen (secondary N) is 1. The number of carbonyl (C=O) groups excluding carboxylic acids is 1. The van der Waals surface area contributed by atoms with Crippen molar-refractivity contribution in [1.29, 1.82) is 0 Å². The summed E-state index contributed by atoms with van der Waals surface area (Å²) in [5.74, 6) is 0. The van der Waals surface area contributed by atoms with E-state index in [-0.39, 0.29) is 6.61 Å². The molecule has 1 fully saturated rings. The molecule has 1 unspecified atom stereocenters. The van der Waals surface area contributed by atoms with Crippen molar-refractivity contribution in [1.82, 2.24) is 10.2 Å². The van der Waals surface area contributed by atoms with Gasteiger partial charge in [-0.25, -0.2) is 9.59 Å². The van der Waals surface area contributed by atoms with Crippen LogP contribution in [0.2, 0.25) is 0 Å². The number of carbonyl (C=O) groups is 2. The van der Waals surface area contributed by atoms with E-state index in [1.807, 2.05) is 30.3 Å². The molecule has 1 heterocycles. The zero-order valence-electron chi connectivity index (χ0n) is 14.4. The van der Waals surface area contributed by atoms with Gasteiger partial charge in [0, 0.05) is 19.6 Å². The Morgan fingerprint density at radius 1 is 1.28 bits per heavy atom. The number of amides is 2. The molecule has 7 heteroatoms. The molecule has 0 aliphatic carbocycles. The first-order valence-electron chi connectivity index (χ1n) is 8.72. The Morgan fingerprint density at radius 2 is 2.04 bits per heavy atom. The van der Waals surface area contributed by atoms with Gasteiger partial charge in [-0.3, -0.25) is 0 Å². The molecule has 0 bridgehead atoms. The molecule has 0 aromatic heterocycles. The van der Waals surface area contributed by atoms with Crippen LogP contribution >= 0.6 is 0 Å². The molecule has 138 valence electrons. The number of carboxylic acid groups (broad SMARTS) is 1. The van der Waals surface area contributed by atoms with Gasteiger partial charge in [-0.2, -0.15) is 0 Å². The van der Waals surface area contributed by atoms with Crippen molar-refractivity contribution in [3.8, 4) is 0 Å². The predicted molar refractivity (Wildman–Crippen MR) is 94.2 cm³/mol. The Morgan fingerprint density at radius 3 is 2.72 bits per heavy atom. The molecule has 0 saturated carbocycles. The summed E-state index contributed by atoms with van der Waals surface area (Å²) >= 11 is 0. The highest BCUT2D eigenvalue weighted by atomic mass is 16.5. The van der Waals surface area contributed by atoms with Crippen LogP contribution in [0.3, 0.4) is 0 Å². The van der Waals surface area contributed by atoms with Crippen molar-refractivity contribution in [2.24, 2.45) is 5.73 Å². The second kappa shape index (κ2) is 9.27. The van der Waals surface area contributed by atoms with Crippen molar-refractivity contribution in [2.75, 3.05) is 19.6 Å². The van der Waals surface area contributed by atoms with Crippen molar-refractivity contribution in [2.45, 2.75) is 44.2 Å². The van der Waals surface area contributed by atoms with E-state index in [4.69, 9.17) is 10.5 Å². The Hall–Kier alpha value is -2.28. The summed E-state index contributed by atoms with van der Waals surface area (Å²) in [7, 11) is 0. The molecule has 25 heavy (non-hydrogen) atoms. The van der Waals surface area contributed by atoms with Crippen molar-refractivity contribution < 1.29 is 19.4 Å². The van der Waals surface area contributed by atoms with Crippen LogP contribution in [0.4, 0.5) is 9.59 Å². The summed E-state index contributed by atoms with van der Waals surface area (Å²) in [5, 5.41) is 12.0. The van der Waals surface area contributed by atoms with E-state index in [9.17, 15) is 14.7 Å². The SMILES string of the molecule is NCC1(CCCCNC(=O)OCc2ccccc2)CCCN1C(=O)O. The number of rotatable bonds is 8. The zero-order chi connectivity index (χ0) is 18.1. The van der Waals surface area contributed by atoms with E-state index in [0.29, 0.717) is 19.6 Å². The average Bonchev–Trinajstić information content (AvgIpc) is 3.05. The molecule has 0 radical (unpaired) electrons. The zero-order valence-corrected chi connectivity index (χ0v) is 14.4. The smallest absolute Gasteiger partial charge is 0.407 e. The molecule has 0 spiro atoms. The highest BCUT2D eigenvalue weighted by Crippen LogP contribution is 2.33. The lowest BCUT2D eigenvalue weighted by Crippen LogP contribution is -2.51. The first-order valence-corrected chi connectivity index (χ1v) is 8.72. The summed E-state index contributed by atoms with van der Waals surface area (Å²) in [6, 6.07) is 9.50. The second-order valence-corrected chi connectivity index (χ2v) is 6.41. The first kappa shape index (κ1) is 19.1. The molecular formula is C18H27N3O4. The Labute approximate surface area is 148 Å². The number of nitrogens with two attached hydrogens (primary N) is 1. The summed E-state index contributed by atoms with van der Waals surface area (Å²) in [6.45, 7) is 1.64. The maximum absolute atomic E-state index is 11.7. The highest BCUT2D eigenvalue weighted by molar-refractivity contribution is 5.67. The maximum atomic E-state index is 11.7. The topological polar surface area (TPSA) is 105 Å². The number of hydrogen-bond acceptors (Lipinski definition) is 4. The fourth-order valence-corrected chi connectivity index (χ4v) is 3.35. The molecule has 1 aromatic rings. The average molecular weight is 349 g/mol. The monoisotopic (exact) mass is 349 g/mol. The molecule has 7 nitrogen and oxygen atoms in total. The van der Waals surface area contributed by atoms with Gasteiger partial charge in [-0.1, -0.05) is 30.3 Å². The van der Waals surface area contributed by atoms with E-state index < -0.39 is 17.7 Å². The molecule has 1 aromatic carbocycles. The van der Waals surface area contributed by atoms with Gasteiger partial charge in [0.1, 0.15) is 6.61 Å².